The van der Waals surface area contributed by atoms with E-state index in [-0.39, 0.29) is 0 Å². The van der Waals surface area contributed by atoms with E-state index in [1.165, 1.54) is 25.7 Å². The van der Waals surface area contributed by atoms with Crippen molar-refractivity contribution in [3.05, 3.63) is 0 Å². The molecule has 2 fully saturated rings. The van der Waals surface area contributed by atoms with Crippen molar-refractivity contribution in [3.8, 4) is 0 Å². The summed E-state index contributed by atoms with van der Waals surface area (Å²) in [5.74, 6) is 2.17. The van der Waals surface area contributed by atoms with Crippen LogP contribution in [0, 0.1) is 11.8 Å². The monoisotopic (exact) mass is 338 g/mol. The fourth-order valence-corrected chi connectivity index (χ4v) is 12.2. The molecule has 70 valence electrons. The fraction of sp³-hybridized carbons (Fsp3) is 1.00. The van der Waals surface area contributed by atoms with Crippen LogP contribution < -0.4 is 0 Å². The molecular formula is C10H19BrSn. The second-order valence-corrected chi connectivity index (χ2v) is 24.1. The van der Waals surface area contributed by atoms with Crippen molar-refractivity contribution in [1.29, 1.82) is 0 Å². The van der Waals surface area contributed by atoms with Crippen LogP contribution in [-0.2, 0) is 0 Å². The maximum atomic E-state index is 4.10. The van der Waals surface area contributed by atoms with E-state index in [0.29, 0.717) is 2.34 Å². The summed E-state index contributed by atoms with van der Waals surface area (Å²) in [6.07, 6.45) is 6.03. The van der Waals surface area contributed by atoms with E-state index in [4.69, 9.17) is 0 Å². The van der Waals surface area contributed by atoms with Gasteiger partial charge in [-0.15, -0.1) is 0 Å². The van der Waals surface area contributed by atoms with E-state index >= 15 is 0 Å². The van der Waals surface area contributed by atoms with E-state index in [2.05, 4.69) is 30.7 Å². The van der Waals surface area contributed by atoms with Gasteiger partial charge in [-0.2, -0.15) is 0 Å². The molecule has 0 aromatic rings. The third-order valence-corrected chi connectivity index (χ3v) is 21.7. The predicted molar refractivity (Wildman–Crippen MR) is 60.5 cm³/mol. The molecule has 0 radical (unpaired) electrons. The molecule has 0 heterocycles. The summed E-state index contributed by atoms with van der Waals surface area (Å²) in [6, 6.07) is 0. The van der Waals surface area contributed by atoms with Crippen LogP contribution in [0.25, 0.3) is 0 Å². The average molecular weight is 338 g/mol. The summed E-state index contributed by atoms with van der Waals surface area (Å²) in [5, 5.41) is 0. The zero-order chi connectivity index (χ0) is 8.98. The van der Waals surface area contributed by atoms with Gasteiger partial charge >= 0.3 is 89.0 Å². The first-order valence-corrected chi connectivity index (χ1v) is 15.9. The molecule has 0 aliphatic heterocycles. The molecule has 0 aromatic heterocycles. The van der Waals surface area contributed by atoms with Crippen molar-refractivity contribution in [2.45, 2.75) is 42.8 Å². The Labute approximate surface area is 88.5 Å². The predicted octanol–water partition coefficient (Wildman–Crippen LogP) is 3.82. The Kier molecular flexibility index (Phi) is 2.36. The summed E-state index contributed by atoms with van der Waals surface area (Å²) in [6.45, 7) is 0. The normalized spacial score (nSPS) is 47.0. The molecule has 0 bridgehead atoms. The molecule has 0 N–H and O–H groups in total. The first-order valence-electron chi connectivity index (χ1n) is 5.17. The van der Waals surface area contributed by atoms with E-state index < -0.39 is 18.4 Å². The van der Waals surface area contributed by atoms with E-state index in [1.54, 1.807) is 0 Å². The SMILES string of the molecule is [CH3][Sn]([CH3])([CH3])[C]1(Br)[C@@H]2CCCC[C@@H]21. The van der Waals surface area contributed by atoms with Crippen LogP contribution in [0.5, 0.6) is 0 Å². The van der Waals surface area contributed by atoms with Gasteiger partial charge in [-0.1, -0.05) is 0 Å². The number of halogens is 1. The Bertz CT molecular complexity index is 183. The maximum absolute atomic E-state index is 4.10. The van der Waals surface area contributed by atoms with Crippen molar-refractivity contribution in [3.63, 3.8) is 0 Å². The van der Waals surface area contributed by atoms with Crippen LogP contribution in [0.15, 0.2) is 0 Å². The second-order valence-electron chi connectivity index (χ2n) is 5.52. The molecule has 0 aromatic carbocycles. The van der Waals surface area contributed by atoms with Gasteiger partial charge in [-0.3, -0.25) is 0 Å². The van der Waals surface area contributed by atoms with E-state index in [1.807, 2.05) is 0 Å². The summed E-state index contributed by atoms with van der Waals surface area (Å²) >= 11 is 2.42. The Hall–Kier alpha value is 1.28. The molecule has 2 rings (SSSR count). The molecule has 2 aliphatic rings. The van der Waals surface area contributed by atoms with Gasteiger partial charge in [0, 0.05) is 0 Å². The first-order chi connectivity index (χ1) is 5.48. The van der Waals surface area contributed by atoms with Gasteiger partial charge in [0.15, 0.2) is 0 Å². The van der Waals surface area contributed by atoms with Crippen molar-refractivity contribution >= 4 is 34.3 Å². The Morgan fingerprint density at radius 3 is 1.83 bits per heavy atom. The molecule has 2 aliphatic carbocycles. The standard InChI is InChI=1S/C7H10Br.3CH3.Sn/c8-7-5-3-1-2-4-6(5)7;;;;/h5-6H,1-4H2;3*1H3;/t5-,6+;;;;. The topological polar surface area (TPSA) is 0 Å². The van der Waals surface area contributed by atoms with Crippen molar-refractivity contribution < 1.29 is 0 Å². The van der Waals surface area contributed by atoms with Gasteiger partial charge in [-0.25, -0.2) is 0 Å². The van der Waals surface area contributed by atoms with Gasteiger partial charge in [0.05, 0.1) is 0 Å². The van der Waals surface area contributed by atoms with Gasteiger partial charge < -0.3 is 0 Å². The van der Waals surface area contributed by atoms with Crippen molar-refractivity contribution in [2.24, 2.45) is 11.8 Å². The first kappa shape index (κ1) is 9.82. The van der Waals surface area contributed by atoms with Gasteiger partial charge in [0.25, 0.3) is 0 Å². The Balaban J connectivity index is 2.15. The number of rotatable bonds is 1. The zero-order valence-electron chi connectivity index (χ0n) is 8.36. The molecule has 12 heavy (non-hydrogen) atoms. The molecule has 2 saturated carbocycles. The number of alkyl halides is 1. The third-order valence-electron chi connectivity index (χ3n) is 3.89. The zero-order valence-corrected chi connectivity index (χ0v) is 12.8. The molecule has 0 nitrogen and oxygen atoms in total. The number of fused-ring (bicyclic) bond motifs is 1. The van der Waals surface area contributed by atoms with Crippen LogP contribution in [0.2, 0.25) is 14.8 Å². The Morgan fingerprint density at radius 1 is 1.08 bits per heavy atom. The van der Waals surface area contributed by atoms with Crippen LogP contribution in [0.1, 0.15) is 25.7 Å². The molecule has 0 saturated heterocycles. The quantitative estimate of drug-likeness (QED) is 0.504. The molecule has 3 atom stereocenters. The average Bonchev–Trinajstić information content (AvgIpc) is 2.59. The molecule has 0 spiro atoms. The van der Waals surface area contributed by atoms with Crippen LogP contribution in [0.3, 0.4) is 0 Å². The number of hydrogen-bond donors (Lipinski definition) is 0. The molecule has 2 heteroatoms. The second kappa shape index (κ2) is 2.88. The molecular weight excluding hydrogens is 319 g/mol. The van der Waals surface area contributed by atoms with Crippen molar-refractivity contribution in [2.75, 3.05) is 0 Å². The van der Waals surface area contributed by atoms with Gasteiger partial charge in [-0.05, 0) is 0 Å². The molecule has 0 amide bonds. The summed E-state index contributed by atoms with van der Waals surface area (Å²) in [4.78, 5) is 7.76. The Morgan fingerprint density at radius 2 is 1.50 bits per heavy atom. The minimum absolute atomic E-state index is 0.707. The fourth-order valence-electron chi connectivity index (χ4n) is 3.16. The van der Waals surface area contributed by atoms with Gasteiger partial charge in [0.2, 0.25) is 0 Å². The summed E-state index contributed by atoms with van der Waals surface area (Å²) < 4.78 is 0.707. The van der Waals surface area contributed by atoms with Gasteiger partial charge in [0.1, 0.15) is 0 Å². The molecule has 1 unspecified atom stereocenters. The summed E-state index contributed by atoms with van der Waals surface area (Å²) in [5.41, 5.74) is 0. The van der Waals surface area contributed by atoms with E-state index in [9.17, 15) is 0 Å². The third kappa shape index (κ3) is 1.22. The summed E-state index contributed by atoms with van der Waals surface area (Å²) in [7, 11) is 0. The van der Waals surface area contributed by atoms with Crippen molar-refractivity contribution in [1.82, 2.24) is 0 Å². The minimum atomic E-state index is -1.68. The van der Waals surface area contributed by atoms with Crippen LogP contribution in [0.4, 0.5) is 0 Å². The van der Waals surface area contributed by atoms with Crippen LogP contribution >= 0.6 is 15.9 Å². The van der Waals surface area contributed by atoms with E-state index in [0.717, 1.165) is 11.8 Å². The number of hydrogen-bond acceptors (Lipinski definition) is 0. The van der Waals surface area contributed by atoms with Crippen LogP contribution in [-0.4, -0.2) is 20.7 Å².